The SMILES string of the molecule is Cn1nncc1N1CN=C2c3ccccc3-n3cncc3N21. The van der Waals surface area contributed by atoms with Gasteiger partial charge in [-0.2, -0.15) is 0 Å². The first-order chi connectivity index (χ1) is 10.8. The molecule has 0 radical (unpaired) electrons. The van der Waals surface area contributed by atoms with Gasteiger partial charge in [0, 0.05) is 12.6 Å². The lowest BCUT2D eigenvalue weighted by Crippen LogP contribution is -2.46. The molecule has 4 heterocycles. The molecule has 3 aromatic rings. The van der Waals surface area contributed by atoms with Crippen molar-refractivity contribution < 1.29 is 0 Å². The number of imidazole rings is 1. The molecule has 0 fully saturated rings. The standard InChI is InChI=1S/C14H12N8/c1-19-12(7-17-18-19)21-9-16-14-10-4-2-3-5-11(10)20-8-15-6-13(20)22(14)21/h2-8H,9H2,1H3. The molecule has 1 aromatic carbocycles. The number of aryl methyl sites for hydroxylation is 1. The molecule has 0 bridgehead atoms. The second-order valence-electron chi connectivity index (χ2n) is 5.19. The number of aliphatic imine (C=N–C) groups is 1. The zero-order valence-corrected chi connectivity index (χ0v) is 11.8. The number of rotatable bonds is 1. The Labute approximate surface area is 125 Å². The maximum absolute atomic E-state index is 4.71. The van der Waals surface area contributed by atoms with Crippen molar-refractivity contribution in [2.24, 2.45) is 12.0 Å². The molecule has 108 valence electrons. The summed E-state index contributed by atoms with van der Waals surface area (Å²) in [5.41, 5.74) is 2.18. The Hall–Kier alpha value is -3.16. The fourth-order valence-corrected chi connectivity index (χ4v) is 3.01. The van der Waals surface area contributed by atoms with Gasteiger partial charge in [-0.25, -0.2) is 24.7 Å². The van der Waals surface area contributed by atoms with Crippen LogP contribution in [-0.4, -0.2) is 37.0 Å². The highest BCUT2D eigenvalue weighted by molar-refractivity contribution is 6.16. The van der Waals surface area contributed by atoms with Crippen LogP contribution in [0.5, 0.6) is 0 Å². The summed E-state index contributed by atoms with van der Waals surface area (Å²) in [6.07, 6.45) is 5.40. The minimum atomic E-state index is 0.524. The second kappa shape index (κ2) is 3.94. The smallest absolute Gasteiger partial charge is 0.168 e. The van der Waals surface area contributed by atoms with E-state index in [2.05, 4.69) is 37.0 Å². The summed E-state index contributed by atoms with van der Waals surface area (Å²) < 4.78 is 3.80. The minimum absolute atomic E-state index is 0.524. The Morgan fingerprint density at radius 2 is 2.00 bits per heavy atom. The van der Waals surface area contributed by atoms with Crippen molar-refractivity contribution in [3.63, 3.8) is 0 Å². The van der Waals surface area contributed by atoms with Crippen molar-refractivity contribution in [1.82, 2.24) is 24.5 Å². The molecule has 2 aromatic heterocycles. The van der Waals surface area contributed by atoms with Crippen LogP contribution in [0.25, 0.3) is 5.69 Å². The minimum Gasteiger partial charge on any atom is -0.283 e. The molecule has 0 saturated heterocycles. The predicted octanol–water partition coefficient (Wildman–Crippen LogP) is 0.960. The van der Waals surface area contributed by atoms with Crippen LogP contribution in [0.15, 0.2) is 48.0 Å². The van der Waals surface area contributed by atoms with E-state index in [0.717, 1.165) is 28.7 Å². The van der Waals surface area contributed by atoms with E-state index in [1.807, 2.05) is 36.7 Å². The molecule has 0 aliphatic carbocycles. The lowest BCUT2D eigenvalue weighted by atomic mass is 10.1. The van der Waals surface area contributed by atoms with Crippen LogP contribution in [0.1, 0.15) is 5.56 Å². The number of hydrogen-bond acceptors (Lipinski definition) is 6. The average molecular weight is 292 g/mol. The van der Waals surface area contributed by atoms with Gasteiger partial charge in [-0.05, 0) is 12.1 Å². The highest BCUT2D eigenvalue weighted by Gasteiger charge is 2.37. The molecule has 0 amide bonds. The Balaban J connectivity index is 1.73. The molecule has 0 atom stereocenters. The first kappa shape index (κ1) is 11.5. The number of hydrazine groups is 1. The summed E-state index contributed by atoms with van der Waals surface area (Å²) in [6.45, 7) is 0.524. The van der Waals surface area contributed by atoms with Gasteiger partial charge < -0.3 is 0 Å². The van der Waals surface area contributed by atoms with Gasteiger partial charge in [0.25, 0.3) is 0 Å². The third kappa shape index (κ3) is 1.31. The fourth-order valence-electron chi connectivity index (χ4n) is 3.01. The molecule has 0 N–H and O–H groups in total. The summed E-state index contributed by atoms with van der Waals surface area (Å²) in [7, 11) is 1.87. The largest absolute Gasteiger partial charge is 0.283 e. The van der Waals surface area contributed by atoms with Gasteiger partial charge in [0.05, 0.1) is 18.1 Å². The first-order valence-electron chi connectivity index (χ1n) is 6.93. The normalized spacial score (nSPS) is 15.4. The van der Waals surface area contributed by atoms with Gasteiger partial charge in [-0.3, -0.25) is 4.57 Å². The third-order valence-electron chi connectivity index (χ3n) is 3.99. The maximum atomic E-state index is 4.71. The van der Waals surface area contributed by atoms with E-state index < -0.39 is 0 Å². The molecular weight excluding hydrogens is 280 g/mol. The van der Waals surface area contributed by atoms with Gasteiger partial charge >= 0.3 is 0 Å². The molecule has 2 aliphatic rings. The van der Waals surface area contributed by atoms with Crippen molar-refractivity contribution in [2.75, 3.05) is 16.7 Å². The summed E-state index contributed by atoms with van der Waals surface area (Å²) in [4.78, 5) is 9.02. The zero-order valence-electron chi connectivity index (χ0n) is 11.8. The number of aromatic nitrogens is 5. The number of amidine groups is 1. The highest BCUT2D eigenvalue weighted by Crippen LogP contribution is 2.35. The molecule has 0 saturated carbocycles. The highest BCUT2D eigenvalue weighted by atomic mass is 15.7. The summed E-state index contributed by atoms with van der Waals surface area (Å²) >= 11 is 0. The van der Waals surface area contributed by atoms with E-state index in [4.69, 9.17) is 4.99 Å². The van der Waals surface area contributed by atoms with Crippen molar-refractivity contribution >= 4 is 17.5 Å². The molecule has 22 heavy (non-hydrogen) atoms. The predicted molar refractivity (Wildman–Crippen MR) is 80.9 cm³/mol. The molecule has 2 aliphatic heterocycles. The van der Waals surface area contributed by atoms with E-state index in [-0.39, 0.29) is 0 Å². The molecule has 5 rings (SSSR count). The number of nitrogens with zero attached hydrogens (tertiary/aromatic N) is 8. The molecule has 8 nitrogen and oxygen atoms in total. The number of fused-ring (bicyclic) bond motifs is 6. The molecular formula is C14H12N8. The van der Waals surface area contributed by atoms with Crippen molar-refractivity contribution in [3.05, 3.63) is 48.5 Å². The van der Waals surface area contributed by atoms with E-state index in [9.17, 15) is 0 Å². The summed E-state index contributed by atoms with van der Waals surface area (Å²) in [6, 6.07) is 8.20. The monoisotopic (exact) mass is 292 g/mol. The van der Waals surface area contributed by atoms with Crippen LogP contribution >= 0.6 is 0 Å². The van der Waals surface area contributed by atoms with Gasteiger partial charge in [0.2, 0.25) is 0 Å². The van der Waals surface area contributed by atoms with Gasteiger partial charge in [-0.15, -0.1) is 5.10 Å². The van der Waals surface area contributed by atoms with Gasteiger partial charge in [0.15, 0.2) is 17.5 Å². The lowest BCUT2D eigenvalue weighted by Gasteiger charge is -2.34. The molecule has 0 unspecified atom stereocenters. The van der Waals surface area contributed by atoms with Gasteiger partial charge in [0.1, 0.15) is 13.0 Å². The van der Waals surface area contributed by atoms with Crippen molar-refractivity contribution in [2.45, 2.75) is 0 Å². The zero-order chi connectivity index (χ0) is 14.7. The van der Waals surface area contributed by atoms with Crippen molar-refractivity contribution in [3.8, 4) is 5.69 Å². The van der Waals surface area contributed by atoms with E-state index in [1.54, 1.807) is 10.9 Å². The quantitative estimate of drug-likeness (QED) is 0.668. The van der Waals surface area contributed by atoms with Crippen molar-refractivity contribution in [1.29, 1.82) is 0 Å². The Morgan fingerprint density at radius 1 is 1.09 bits per heavy atom. The third-order valence-corrected chi connectivity index (χ3v) is 3.99. The Bertz CT molecular complexity index is 905. The Kier molecular flexibility index (Phi) is 2.06. The number of anilines is 2. The first-order valence-corrected chi connectivity index (χ1v) is 6.93. The summed E-state index contributed by atoms with van der Waals surface area (Å²) in [5, 5.41) is 12.1. The Morgan fingerprint density at radius 3 is 2.86 bits per heavy atom. The molecule has 0 spiro atoms. The van der Waals surface area contributed by atoms with Crippen LogP contribution in [0.2, 0.25) is 0 Å². The van der Waals surface area contributed by atoms with Gasteiger partial charge in [-0.1, -0.05) is 17.3 Å². The fraction of sp³-hybridized carbons (Fsp3) is 0.143. The van der Waals surface area contributed by atoms with Crippen LogP contribution in [0.3, 0.4) is 0 Å². The van der Waals surface area contributed by atoms with E-state index >= 15 is 0 Å². The van der Waals surface area contributed by atoms with Crippen LogP contribution in [0.4, 0.5) is 11.6 Å². The number of benzene rings is 1. The van der Waals surface area contributed by atoms with Crippen LogP contribution in [-0.2, 0) is 7.05 Å². The average Bonchev–Trinajstić information content (AvgIpc) is 3.24. The van der Waals surface area contributed by atoms with E-state index in [0.29, 0.717) is 6.67 Å². The van der Waals surface area contributed by atoms with E-state index in [1.165, 1.54) is 0 Å². The topological polar surface area (TPSA) is 67.4 Å². The summed E-state index contributed by atoms with van der Waals surface area (Å²) in [5.74, 6) is 2.76. The van der Waals surface area contributed by atoms with Crippen LogP contribution < -0.4 is 10.0 Å². The second-order valence-corrected chi connectivity index (χ2v) is 5.19. The number of para-hydroxylation sites is 1. The van der Waals surface area contributed by atoms with Crippen LogP contribution in [0, 0.1) is 0 Å². The maximum Gasteiger partial charge on any atom is 0.168 e. The molecule has 8 heteroatoms. The lowest BCUT2D eigenvalue weighted by molar-refractivity contribution is 0.692. The number of hydrogen-bond donors (Lipinski definition) is 0.